The van der Waals surface area contributed by atoms with Crippen molar-refractivity contribution in [2.24, 2.45) is 0 Å². The summed E-state index contributed by atoms with van der Waals surface area (Å²) in [6.07, 6.45) is 3.45. The van der Waals surface area contributed by atoms with E-state index in [-0.39, 0.29) is 5.91 Å². The maximum Gasteiger partial charge on any atom is 0.274 e. The summed E-state index contributed by atoms with van der Waals surface area (Å²) in [6, 6.07) is 9.99. The molecule has 3 aromatic rings. The number of hydrogen-bond acceptors (Lipinski definition) is 5. The fourth-order valence-electron chi connectivity index (χ4n) is 2.44. The van der Waals surface area contributed by atoms with E-state index in [1.807, 2.05) is 20.0 Å². The van der Waals surface area contributed by atoms with Crippen molar-refractivity contribution in [2.45, 2.75) is 32.5 Å². The summed E-state index contributed by atoms with van der Waals surface area (Å²) in [5.74, 6) is 0.597. The largest absolute Gasteiger partial charge is 0.318 e. The first kappa shape index (κ1) is 18.1. The fourth-order valence-corrected chi connectivity index (χ4v) is 3.07. The number of aromatic nitrogens is 4. The van der Waals surface area contributed by atoms with Crippen molar-refractivity contribution in [1.29, 1.82) is 0 Å². The molecule has 0 aliphatic carbocycles. The third-order valence-corrected chi connectivity index (χ3v) is 4.43. The molecule has 0 aliphatic heterocycles. The van der Waals surface area contributed by atoms with Crippen molar-refractivity contribution < 1.29 is 4.79 Å². The number of nitrogens with zero attached hydrogens (tertiary/aromatic N) is 4. The SMILES string of the molecule is CCSc1nc(C)cc(C(=O)Nc2cnn(Cc3ccc(C)cc3)c2)n1. The molecule has 0 atom stereocenters. The summed E-state index contributed by atoms with van der Waals surface area (Å²) < 4.78 is 1.80. The van der Waals surface area contributed by atoms with Gasteiger partial charge in [-0.05, 0) is 31.2 Å². The molecule has 0 aliphatic rings. The Bertz CT molecular complexity index is 905. The summed E-state index contributed by atoms with van der Waals surface area (Å²) >= 11 is 1.51. The summed E-state index contributed by atoms with van der Waals surface area (Å²) in [5.41, 5.74) is 4.16. The zero-order valence-electron chi connectivity index (χ0n) is 15.1. The van der Waals surface area contributed by atoms with E-state index in [0.29, 0.717) is 23.1 Å². The van der Waals surface area contributed by atoms with Gasteiger partial charge in [0.25, 0.3) is 5.91 Å². The van der Waals surface area contributed by atoms with E-state index in [4.69, 9.17) is 0 Å². The van der Waals surface area contributed by atoms with E-state index in [2.05, 4.69) is 51.6 Å². The number of rotatable bonds is 6. The number of amides is 1. The van der Waals surface area contributed by atoms with E-state index in [0.717, 1.165) is 17.0 Å². The van der Waals surface area contributed by atoms with Gasteiger partial charge in [0, 0.05) is 11.9 Å². The minimum Gasteiger partial charge on any atom is -0.318 e. The third-order valence-electron chi connectivity index (χ3n) is 3.70. The molecule has 134 valence electrons. The van der Waals surface area contributed by atoms with Crippen LogP contribution in [0.25, 0.3) is 0 Å². The van der Waals surface area contributed by atoms with Crippen LogP contribution in [0.2, 0.25) is 0 Å². The highest BCUT2D eigenvalue weighted by Crippen LogP contribution is 2.15. The lowest BCUT2D eigenvalue weighted by Gasteiger charge is -2.05. The van der Waals surface area contributed by atoms with Crippen LogP contribution in [0.4, 0.5) is 5.69 Å². The predicted molar refractivity (Wildman–Crippen MR) is 104 cm³/mol. The molecule has 0 radical (unpaired) electrons. The van der Waals surface area contributed by atoms with Crippen LogP contribution >= 0.6 is 11.8 Å². The summed E-state index contributed by atoms with van der Waals surface area (Å²) in [7, 11) is 0. The van der Waals surface area contributed by atoms with Crippen molar-refractivity contribution in [3.63, 3.8) is 0 Å². The first-order valence-corrected chi connectivity index (χ1v) is 9.40. The normalized spacial score (nSPS) is 10.7. The fraction of sp³-hybridized carbons (Fsp3) is 0.263. The molecule has 0 saturated carbocycles. The van der Waals surface area contributed by atoms with Crippen LogP contribution in [0.1, 0.15) is 34.2 Å². The molecule has 0 spiro atoms. The van der Waals surface area contributed by atoms with Crippen molar-refractivity contribution in [3.8, 4) is 0 Å². The molecule has 6 nitrogen and oxygen atoms in total. The Balaban J connectivity index is 1.68. The maximum atomic E-state index is 12.5. The second kappa shape index (κ2) is 8.14. The topological polar surface area (TPSA) is 72.7 Å². The predicted octanol–water partition coefficient (Wildman–Crippen LogP) is 3.70. The molecular weight excluding hydrogens is 346 g/mol. The van der Waals surface area contributed by atoms with Gasteiger partial charge in [-0.15, -0.1) is 0 Å². The summed E-state index contributed by atoms with van der Waals surface area (Å²) in [5, 5.41) is 7.78. The third kappa shape index (κ3) is 4.70. The number of thioether (sulfide) groups is 1. The first-order valence-electron chi connectivity index (χ1n) is 8.41. The zero-order chi connectivity index (χ0) is 18.5. The van der Waals surface area contributed by atoms with Gasteiger partial charge in [0.2, 0.25) is 0 Å². The smallest absolute Gasteiger partial charge is 0.274 e. The molecule has 0 bridgehead atoms. The molecule has 2 heterocycles. The molecule has 0 saturated heterocycles. The van der Waals surface area contributed by atoms with Gasteiger partial charge in [0.15, 0.2) is 5.16 Å². The van der Waals surface area contributed by atoms with Gasteiger partial charge in [0.1, 0.15) is 5.69 Å². The van der Waals surface area contributed by atoms with Crippen molar-refractivity contribution in [2.75, 3.05) is 11.1 Å². The first-order chi connectivity index (χ1) is 12.5. The lowest BCUT2D eigenvalue weighted by Crippen LogP contribution is -2.14. The number of carbonyl (C=O) groups excluding carboxylic acids is 1. The number of carbonyl (C=O) groups is 1. The molecule has 1 amide bonds. The Morgan fingerprint density at radius 1 is 1.19 bits per heavy atom. The standard InChI is InChI=1S/C19H21N5OS/c1-4-26-19-21-14(3)9-17(23-19)18(25)22-16-10-20-24(12-16)11-15-7-5-13(2)6-8-15/h5-10,12H,4,11H2,1-3H3,(H,22,25). The lowest BCUT2D eigenvalue weighted by molar-refractivity contribution is 0.102. The van der Waals surface area contributed by atoms with Gasteiger partial charge in [-0.1, -0.05) is 48.5 Å². The Labute approximate surface area is 157 Å². The summed E-state index contributed by atoms with van der Waals surface area (Å²) in [4.78, 5) is 21.1. The van der Waals surface area contributed by atoms with Crippen LogP contribution in [-0.2, 0) is 6.54 Å². The highest BCUT2D eigenvalue weighted by atomic mass is 32.2. The van der Waals surface area contributed by atoms with E-state index in [9.17, 15) is 4.79 Å². The highest BCUT2D eigenvalue weighted by molar-refractivity contribution is 7.99. The number of anilines is 1. The molecule has 7 heteroatoms. The summed E-state index contributed by atoms with van der Waals surface area (Å²) in [6.45, 7) is 6.60. The van der Waals surface area contributed by atoms with Crippen LogP contribution in [0, 0.1) is 13.8 Å². The number of benzene rings is 1. The minimum absolute atomic E-state index is 0.261. The molecule has 0 unspecified atom stereocenters. The minimum atomic E-state index is -0.261. The van der Waals surface area contributed by atoms with E-state index in [1.54, 1.807) is 16.9 Å². The molecule has 26 heavy (non-hydrogen) atoms. The van der Waals surface area contributed by atoms with Crippen LogP contribution < -0.4 is 5.32 Å². The van der Waals surface area contributed by atoms with Gasteiger partial charge in [0.05, 0.1) is 18.4 Å². The van der Waals surface area contributed by atoms with Crippen molar-refractivity contribution >= 4 is 23.4 Å². The van der Waals surface area contributed by atoms with Crippen LogP contribution in [-0.4, -0.2) is 31.4 Å². The quantitative estimate of drug-likeness (QED) is 0.531. The molecule has 1 N–H and O–H groups in total. The van der Waals surface area contributed by atoms with Gasteiger partial charge in [-0.25, -0.2) is 9.97 Å². The van der Waals surface area contributed by atoms with Crippen molar-refractivity contribution in [3.05, 3.63) is 65.2 Å². The Kier molecular flexibility index (Phi) is 5.68. The van der Waals surface area contributed by atoms with Crippen LogP contribution in [0.3, 0.4) is 0 Å². The molecule has 3 rings (SSSR count). The van der Waals surface area contributed by atoms with Gasteiger partial charge in [-0.3, -0.25) is 9.48 Å². The second-order valence-corrected chi connectivity index (χ2v) is 7.21. The molecule has 2 aromatic heterocycles. The number of aryl methyl sites for hydroxylation is 2. The number of nitrogens with one attached hydrogen (secondary N) is 1. The van der Waals surface area contributed by atoms with Gasteiger partial charge in [-0.2, -0.15) is 5.10 Å². The van der Waals surface area contributed by atoms with Gasteiger partial charge >= 0.3 is 0 Å². The van der Waals surface area contributed by atoms with E-state index < -0.39 is 0 Å². The average Bonchev–Trinajstić information content (AvgIpc) is 3.03. The average molecular weight is 367 g/mol. The molecule has 1 aromatic carbocycles. The van der Waals surface area contributed by atoms with Crippen LogP contribution in [0.15, 0.2) is 47.9 Å². The Morgan fingerprint density at radius 3 is 2.69 bits per heavy atom. The van der Waals surface area contributed by atoms with Crippen molar-refractivity contribution in [1.82, 2.24) is 19.7 Å². The van der Waals surface area contributed by atoms with E-state index >= 15 is 0 Å². The number of hydrogen-bond donors (Lipinski definition) is 1. The molecule has 0 fully saturated rings. The second-order valence-electron chi connectivity index (χ2n) is 5.98. The van der Waals surface area contributed by atoms with E-state index in [1.165, 1.54) is 17.3 Å². The molecular formula is C19H21N5OS. The zero-order valence-corrected chi connectivity index (χ0v) is 15.9. The Hall–Kier alpha value is -2.67. The maximum absolute atomic E-state index is 12.5. The van der Waals surface area contributed by atoms with Crippen LogP contribution in [0.5, 0.6) is 0 Å². The van der Waals surface area contributed by atoms with Gasteiger partial charge < -0.3 is 5.32 Å². The Morgan fingerprint density at radius 2 is 1.96 bits per heavy atom. The highest BCUT2D eigenvalue weighted by Gasteiger charge is 2.12. The lowest BCUT2D eigenvalue weighted by atomic mass is 10.1. The monoisotopic (exact) mass is 367 g/mol.